The lowest BCUT2D eigenvalue weighted by Gasteiger charge is -2.11. The minimum Gasteiger partial charge on any atom is -0.497 e. The molecule has 0 aliphatic rings. The molecule has 3 rings (SSSR count). The fourth-order valence-electron chi connectivity index (χ4n) is 2.11. The van der Waals surface area contributed by atoms with Gasteiger partial charge in [-0.3, -0.25) is 4.79 Å². The number of rotatable bonds is 6. The zero-order valence-corrected chi connectivity index (χ0v) is 14.6. The summed E-state index contributed by atoms with van der Waals surface area (Å²) in [5, 5.41) is 14.8. The number of carbonyl (C=O) groups excluding carboxylic acids is 1. The highest BCUT2D eigenvalue weighted by atomic mass is 32.2. The second kappa shape index (κ2) is 7.80. The summed E-state index contributed by atoms with van der Waals surface area (Å²) >= 11 is 1.29. The predicted octanol–water partition coefficient (Wildman–Crippen LogP) is 2.79. The van der Waals surface area contributed by atoms with Gasteiger partial charge in [0.2, 0.25) is 11.1 Å². The fraction of sp³-hybridized carbons (Fsp3) is 0.176. The van der Waals surface area contributed by atoms with Gasteiger partial charge >= 0.3 is 0 Å². The second-order valence-corrected chi connectivity index (χ2v) is 6.49. The van der Waals surface area contributed by atoms with Crippen molar-refractivity contribution < 1.29 is 9.53 Å². The molecule has 2 aromatic carbocycles. The lowest BCUT2D eigenvalue weighted by atomic mass is 10.3. The Morgan fingerprint density at radius 3 is 2.56 bits per heavy atom. The third kappa shape index (κ3) is 4.16. The van der Waals surface area contributed by atoms with Crippen LogP contribution in [0.2, 0.25) is 0 Å². The van der Waals surface area contributed by atoms with Gasteiger partial charge in [0.15, 0.2) is 0 Å². The maximum absolute atomic E-state index is 12.3. The van der Waals surface area contributed by atoms with E-state index in [-0.39, 0.29) is 11.2 Å². The number of benzene rings is 2. The van der Waals surface area contributed by atoms with E-state index in [2.05, 4.69) is 20.8 Å². The normalized spacial score (nSPS) is 11.8. The number of nitrogens with zero attached hydrogens (tertiary/aromatic N) is 4. The number of anilines is 1. The molecule has 3 aromatic rings. The first kappa shape index (κ1) is 17.0. The van der Waals surface area contributed by atoms with Crippen LogP contribution >= 0.6 is 11.8 Å². The van der Waals surface area contributed by atoms with Crippen molar-refractivity contribution >= 4 is 23.4 Å². The molecule has 0 spiro atoms. The first-order chi connectivity index (χ1) is 12.2. The molecule has 0 unspecified atom stereocenters. The van der Waals surface area contributed by atoms with Crippen LogP contribution in [0.5, 0.6) is 5.75 Å². The summed E-state index contributed by atoms with van der Waals surface area (Å²) in [6.07, 6.45) is 0. The second-order valence-electron chi connectivity index (χ2n) is 5.19. The van der Waals surface area contributed by atoms with Gasteiger partial charge in [0, 0.05) is 5.69 Å². The van der Waals surface area contributed by atoms with Gasteiger partial charge < -0.3 is 10.1 Å². The smallest absolute Gasteiger partial charge is 0.237 e. The third-order valence-electron chi connectivity index (χ3n) is 3.45. The number of nitrogens with one attached hydrogen (secondary N) is 1. The minimum absolute atomic E-state index is 0.111. The third-order valence-corrected chi connectivity index (χ3v) is 4.48. The molecule has 1 heterocycles. The molecule has 1 N–H and O–H groups in total. The van der Waals surface area contributed by atoms with Crippen LogP contribution in [-0.4, -0.2) is 38.5 Å². The van der Waals surface area contributed by atoms with E-state index in [0.717, 1.165) is 17.1 Å². The van der Waals surface area contributed by atoms with Crippen molar-refractivity contribution in [3.8, 4) is 11.4 Å². The van der Waals surface area contributed by atoms with Gasteiger partial charge in [-0.2, -0.15) is 4.68 Å². The standard InChI is InChI=1S/C17H17N5O2S/c1-12(16(23)18-13-6-4-3-5-7-13)25-17-19-20-21-22(17)14-8-10-15(24-2)11-9-14/h3-12H,1-2H3,(H,18,23)/t12-/m0/s1. The Labute approximate surface area is 149 Å². The van der Waals surface area contributed by atoms with Crippen LogP contribution in [0, 0.1) is 0 Å². The predicted molar refractivity (Wildman–Crippen MR) is 96.1 cm³/mol. The zero-order valence-electron chi connectivity index (χ0n) is 13.8. The largest absolute Gasteiger partial charge is 0.497 e. The number of aromatic nitrogens is 4. The number of amides is 1. The van der Waals surface area contributed by atoms with Gasteiger partial charge in [0.05, 0.1) is 18.0 Å². The molecule has 0 aliphatic heterocycles. The molecule has 25 heavy (non-hydrogen) atoms. The number of ether oxygens (including phenoxy) is 1. The molecule has 0 aliphatic carbocycles. The molecule has 8 heteroatoms. The number of para-hydroxylation sites is 1. The van der Waals surface area contributed by atoms with Crippen molar-refractivity contribution in [3.05, 3.63) is 54.6 Å². The number of tetrazole rings is 1. The van der Waals surface area contributed by atoms with Gasteiger partial charge in [0.1, 0.15) is 5.75 Å². The first-order valence-electron chi connectivity index (χ1n) is 7.63. The lowest BCUT2D eigenvalue weighted by Crippen LogP contribution is -2.22. The molecule has 0 saturated carbocycles. The Morgan fingerprint density at radius 2 is 1.88 bits per heavy atom. The Hall–Kier alpha value is -2.87. The average molecular weight is 355 g/mol. The molecule has 1 aromatic heterocycles. The molecular formula is C17H17N5O2S. The molecule has 7 nitrogen and oxygen atoms in total. The maximum atomic E-state index is 12.3. The van der Waals surface area contributed by atoms with E-state index in [0.29, 0.717) is 5.16 Å². The van der Waals surface area contributed by atoms with Crippen molar-refractivity contribution in [2.75, 3.05) is 12.4 Å². The fourth-order valence-corrected chi connectivity index (χ4v) is 2.92. The Bertz CT molecular complexity index is 836. The van der Waals surface area contributed by atoms with Crippen molar-refractivity contribution in [1.82, 2.24) is 20.2 Å². The number of carbonyl (C=O) groups is 1. The molecule has 0 bridgehead atoms. The van der Waals surface area contributed by atoms with Crippen LogP contribution in [-0.2, 0) is 4.79 Å². The quantitative estimate of drug-likeness (QED) is 0.685. The topological polar surface area (TPSA) is 81.9 Å². The molecule has 128 valence electrons. The molecule has 1 atom stereocenters. The number of hydrogen-bond acceptors (Lipinski definition) is 6. The Kier molecular flexibility index (Phi) is 5.30. The lowest BCUT2D eigenvalue weighted by molar-refractivity contribution is -0.115. The summed E-state index contributed by atoms with van der Waals surface area (Å²) in [4.78, 5) is 12.3. The van der Waals surface area contributed by atoms with Crippen molar-refractivity contribution in [2.45, 2.75) is 17.3 Å². The Morgan fingerprint density at radius 1 is 1.16 bits per heavy atom. The van der Waals surface area contributed by atoms with E-state index in [1.165, 1.54) is 11.8 Å². The molecular weight excluding hydrogens is 338 g/mol. The molecule has 1 amide bonds. The van der Waals surface area contributed by atoms with Gasteiger partial charge in [-0.15, -0.1) is 5.10 Å². The number of hydrogen-bond donors (Lipinski definition) is 1. The van der Waals surface area contributed by atoms with Crippen LogP contribution in [0.25, 0.3) is 5.69 Å². The van der Waals surface area contributed by atoms with Crippen molar-refractivity contribution in [2.24, 2.45) is 0 Å². The summed E-state index contributed by atoms with van der Waals surface area (Å²) < 4.78 is 6.74. The van der Waals surface area contributed by atoms with Gasteiger partial charge in [0.25, 0.3) is 0 Å². The molecule has 0 radical (unpaired) electrons. The SMILES string of the molecule is COc1ccc(-n2nnnc2S[C@@H](C)C(=O)Nc2ccccc2)cc1. The van der Waals surface area contributed by atoms with E-state index in [4.69, 9.17) is 4.74 Å². The summed E-state index contributed by atoms with van der Waals surface area (Å²) in [5.74, 6) is 0.641. The highest BCUT2D eigenvalue weighted by molar-refractivity contribution is 8.00. The minimum atomic E-state index is -0.358. The summed E-state index contributed by atoms with van der Waals surface area (Å²) in [6.45, 7) is 1.82. The summed E-state index contributed by atoms with van der Waals surface area (Å²) in [7, 11) is 1.61. The van der Waals surface area contributed by atoms with Crippen molar-refractivity contribution in [3.63, 3.8) is 0 Å². The van der Waals surface area contributed by atoms with Crippen LogP contribution in [0.1, 0.15) is 6.92 Å². The summed E-state index contributed by atoms with van der Waals surface area (Å²) in [5.41, 5.74) is 1.55. The van der Waals surface area contributed by atoms with Gasteiger partial charge in [-0.05, 0) is 53.7 Å². The van der Waals surface area contributed by atoms with Gasteiger partial charge in [-0.1, -0.05) is 30.0 Å². The Balaban J connectivity index is 1.70. The van der Waals surface area contributed by atoms with Crippen LogP contribution in [0.15, 0.2) is 59.8 Å². The highest BCUT2D eigenvalue weighted by Crippen LogP contribution is 2.24. The monoisotopic (exact) mass is 355 g/mol. The van der Waals surface area contributed by atoms with Crippen LogP contribution in [0.4, 0.5) is 5.69 Å². The van der Waals surface area contributed by atoms with Gasteiger partial charge in [-0.25, -0.2) is 0 Å². The van der Waals surface area contributed by atoms with E-state index in [9.17, 15) is 4.79 Å². The zero-order chi connectivity index (χ0) is 17.6. The van der Waals surface area contributed by atoms with E-state index >= 15 is 0 Å². The van der Waals surface area contributed by atoms with E-state index in [1.807, 2.05) is 61.5 Å². The number of methoxy groups -OCH3 is 1. The molecule has 0 saturated heterocycles. The highest BCUT2D eigenvalue weighted by Gasteiger charge is 2.19. The van der Waals surface area contributed by atoms with E-state index < -0.39 is 0 Å². The van der Waals surface area contributed by atoms with Crippen molar-refractivity contribution in [1.29, 1.82) is 0 Å². The average Bonchev–Trinajstić information content (AvgIpc) is 3.10. The van der Waals surface area contributed by atoms with Crippen LogP contribution in [0.3, 0.4) is 0 Å². The first-order valence-corrected chi connectivity index (χ1v) is 8.50. The summed E-state index contributed by atoms with van der Waals surface area (Å²) in [6, 6.07) is 16.7. The van der Waals surface area contributed by atoms with Crippen LogP contribution < -0.4 is 10.1 Å². The number of thioether (sulfide) groups is 1. The molecule has 0 fully saturated rings. The maximum Gasteiger partial charge on any atom is 0.237 e. The van der Waals surface area contributed by atoms with E-state index in [1.54, 1.807) is 11.8 Å².